The number of alkyl halides is 3. The Kier molecular flexibility index (Phi) is 6.51. The van der Waals surface area contributed by atoms with Gasteiger partial charge in [-0.15, -0.1) is 0 Å². The lowest BCUT2D eigenvalue weighted by Gasteiger charge is -2.01. The number of ether oxygens (including phenoxy) is 1. The number of methoxy groups -OCH3 is 1. The number of nitrogens with one attached hydrogen (secondary N) is 2. The molecular formula is C13H14F3N3O4. The molecule has 0 aliphatic rings. The van der Waals surface area contributed by atoms with Crippen molar-refractivity contribution < 1.29 is 32.6 Å². The van der Waals surface area contributed by atoms with Gasteiger partial charge in [-0.2, -0.15) is 18.3 Å². The van der Waals surface area contributed by atoms with E-state index in [-0.39, 0.29) is 5.91 Å². The lowest BCUT2D eigenvalue weighted by Crippen LogP contribution is -2.27. The summed E-state index contributed by atoms with van der Waals surface area (Å²) in [5, 5.41) is 17.5. The number of carboxylic acids is 1. The van der Waals surface area contributed by atoms with Crippen LogP contribution in [0.3, 0.4) is 0 Å². The number of para-hydroxylation sites is 1. The van der Waals surface area contributed by atoms with Crippen molar-refractivity contribution in [2.45, 2.75) is 6.18 Å². The number of carboxylic acid groups (broad SMARTS) is 1. The number of carbonyl (C=O) groups excluding carboxylic acids is 1. The zero-order valence-electron chi connectivity index (χ0n) is 12.0. The molecule has 1 heterocycles. The average Bonchev–Trinajstić information content (AvgIpc) is 2.91. The number of hydrogen-bond acceptors (Lipinski definition) is 4. The molecule has 0 fully saturated rings. The molecule has 2 rings (SSSR count). The van der Waals surface area contributed by atoms with Crippen LogP contribution in [0, 0.1) is 0 Å². The van der Waals surface area contributed by atoms with Gasteiger partial charge >= 0.3 is 12.1 Å². The first-order valence-electron chi connectivity index (χ1n) is 6.27. The van der Waals surface area contributed by atoms with Gasteiger partial charge < -0.3 is 15.2 Å². The van der Waals surface area contributed by atoms with Gasteiger partial charge in [-0.05, 0) is 6.07 Å². The Morgan fingerprint density at radius 1 is 1.35 bits per heavy atom. The average molecular weight is 333 g/mol. The van der Waals surface area contributed by atoms with Crippen LogP contribution in [-0.2, 0) is 9.53 Å². The van der Waals surface area contributed by atoms with Gasteiger partial charge in [0.05, 0.1) is 12.1 Å². The molecule has 126 valence electrons. The lowest BCUT2D eigenvalue weighted by atomic mass is 10.2. The minimum Gasteiger partial charge on any atom is -0.475 e. The first-order valence-corrected chi connectivity index (χ1v) is 6.27. The fraction of sp³-hybridized carbons (Fsp3) is 0.308. The number of amides is 1. The normalized spacial score (nSPS) is 10.8. The molecule has 23 heavy (non-hydrogen) atoms. The largest absolute Gasteiger partial charge is 0.490 e. The molecule has 7 nitrogen and oxygen atoms in total. The van der Waals surface area contributed by atoms with Crippen molar-refractivity contribution in [3.63, 3.8) is 0 Å². The van der Waals surface area contributed by atoms with E-state index in [2.05, 4.69) is 15.5 Å². The smallest absolute Gasteiger partial charge is 0.475 e. The second-order valence-electron chi connectivity index (χ2n) is 4.17. The molecule has 1 amide bonds. The molecular weight excluding hydrogens is 319 g/mol. The van der Waals surface area contributed by atoms with Crippen LogP contribution < -0.4 is 5.32 Å². The molecule has 10 heteroatoms. The van der Waals surface area contributed by atoms with Crippen molar-refractivity contribution in [1.29, 1.82) is 0 Å². The Bertz CT molecular complexity index is 670. The number of rotatable bonds is 4. The van der Waals surface area contributed by atoms with Crippen molar-refractivity contribution in [2.24, 2.45) is 0 Å². The van der Waals surface area contributed by atoms with E-state index in [4.69, 9.17) is 14.6 Å². The second kappa shape index (κ2) is 8.13. The zero-order chi connectivity index (χ0) is 17.5. The van der Waals surface area contributed by atoms with Crippen LogP contribution in [0.15, 0.2) is 24.3 Å². The Labute approximate surface area is 128 Å². The molecule has 0 saturated carbocycles. The number of fused-ring (bicyclic) bond motifs is 1. The summed E-state index contributed by atoms with van der Waals surface area (Å²) in [4.78, 5) is 20.6. The van der Waals surface area contributed by atoms with Crippen LogP contribution in [0.2, 0.25) is 0 Å². The Hall–Kier alpha value is -2.62. The minimum atomic E-state index is -5.08. The molecule has 3 N–H and O–H groups in total. The summed E-state index contributed by atoms with van der Waals surface area (Å²) < 4.78 is 36.6. The summed E-state index contributed by atoms with van der Waals surface area (Å²) in [6.07, 6.45) is -5.08. The van der Waals surface area contributed by atoms with E-state index >= 15 is 0 Å². The minimum absolute atomic E-state index is 0.186. The Balaban J connectivity index is 0.000000322. The number of aliphatic carboxylic acids is 1. The first kappa shape index (κ1) is 18.4. The van der Waals surface area contributed by atoms with Crippen LogP contribution >= 0.6 is 0 Å². The number of H-pyrrole nitrogens is 1. The summed E-state index contributed by atoms with van der Waals surface area (Å²) >= 11 is 0. The molecule has 0 aliphatic heterocycles. The number of aromatic nitrogens is 2. The third kappa shape index (κ3) is 5.58. The van der Waals surface area contributed by atoms with Crippen LogP contribution in [0.1, 0.15) is 10.5 Å². The number of hydrogen-bond donors (Lipinski definition) is 3. The quantitative estimate of drug-likeness (QED) is 0.737. The lowest BCUT2D eigenvalue weighted by molar-refractivity contribution is -0.192. The molecule has 1 aromatic carbocycles. The van der Waals surface area contributed by atoms with Gasteiger partial charge in [-0.1, -0.05) is 18.2 Å². The van der Waals surface area contributed by atoms with E-state index in [1.807, 2.05) is 24.3 Å². The Morgan fingerprint density at radius 3 is 2.52 bits per heavy atom. The third-order valence-corrected chi connectivity index (χ3v) is 2.52. The molecule has 0 atom stereocenters. The van der Waals surface area contributed by atoms with E-state index in [1.165, 1.54) is 0 Å². The van der Waals surface area contributed by atoms with Gasteiger partial charge in [0.2, 0.25) is 0 Å². The van der Waals surface area contributed by atoms with E-state index in [0.29, 0.717) is 18.8 Å². The topological polar surface area (TPSA) is 104 Å². The molecule has 0 bridgehead atoms. The predicted octanol–water partition coefficient (Wildman–Crippen LogP) is 1.57. The van der Waals surface area contributed by atoms with E-state index in [9.17, 15) is 18.0 Å². The summed E-state index contributed by atoms with van der Waals surface area (Å²) in [5.41, 5.74) is 1.28. The highest BCUT2D eigenvalue weighted by atomic mass is 19.4. The highest BCUT2D eigenvalue weighted by Gasteiger charge is 2.38. The molecule has 0 aliphatic carbocycles. The van der Waals surface area contributed by atoms with Crippen LogP contribution in [0.25, 0.3) is 10.9 Å². The maximum atomic E-state index is 11.7. The fourth-order valence-corrected chi connectivity index (χ4v) is 1.49. The second-order valence-corrected chi connectivity index (χ2v) is 4.17. The predicted molar refractivity (Wildman–Crippen MR) is 74.0 cm³/mol. The SMILES string of the molecule is COCCNC(=O)c1n[nH]c2ccccc12.O=C(O)C(F)(F)F. The highest BCUT2D eigenvalue weighted by molar-refractivity contribution is 6.04. The number of carbonyl (C=O) groups is 2. The van der Waals surface area contributed by atoms with E-state index < -0.39 is 12.1 Å². The van der Waals surface area contributed by atoms with Crippen molar-refractivity contribution in [2.75, 3.05) is 20.3 Å². The van der Waals surface area contributed by atoms with Gasteiger partial charge in [-0.25, -0.2) is 4.79 Å². The van der Waals surface area contributed by atoms with Crippen molar-refractivity contribution >= 4 is 22.8 Å². The molecule has 1 aromatic heterocycles. The van der Waals surface area contributed by atoms with Crippen LogP contribution in [-0.4, -0.2) is 53.6 Å². The van der Waals surface area contributed by atoms with Crippen LogP contribution in [0.5, 0.6) is 0 Å². The maximum absolute atomic E-state index is 11.7. The van der Waals surface area contributed by atoms with E-state index in [0.717, 1.165) is 10.9 Å². The summed E-state index contributed by atoms with van der Waals surface area (Å²) in [6.45, 7) is 0.977. The number of halogens is 3. The van der Waals surface area contributed by atoms with E-state index in [1.54, 1.807) is 7.11 Å². The van der Waals surface area contributed by atoms with Crippen molar-refractivity contribution in [1.82, 2.24) is 15.5 Å². The van der Waals surface area contributed by atoms with Gasteiger partial charge in [0.1, 0.15) is 0 Å². The highest BCUT2D eigenvalue weighted by Crippen LogP contribution is 2.14. The Morgan fingerprint density at radius 2 is 1.96 bits per heavy atom. The number of aromatic amines is 1. The van der Waals surface area contributed by atoms with Crippen molar-refractivity contribution in [3.05, 3.63) is 30.0 Å². The number of nitrogens with zero attached hydrogens (tertiary/aromatic N) is 1. The number of benzene rings is 1. The summed E-state index contributed by atoms with van der Waals surface area (Å²) in [7, 11) is 1.59. The van der Waals surface area contributed by atoms with Gasteiger partial charge in [0.25, 0.3) is 5.91 Å². The fourth-order valence-electron chi connectivity index (χ4n) is 1.49. The first-order chi connectivity index (χ1) is 10.8. The van der Waals surface area contributed by atoms with Gasteiger partial charge in [-0.3, -0.25) is 9.89 Å². The third-order valence-electron chi connectivity index (χ3n) is 2.52. The molecule has 0 spiro atoms. The standard InChI is InChI=1S/C11H13N3O2.C2HF3O2/c1-16-7-6-12-11(15)10-8-4-2-3-5-9(8)13-14-10;3-2(4,5)1(6)7/h2-5H,6-7H2,1H3,(H,12,15)(H,13,14);(H,6,7). The maximum Gasteiger partial charge on any atom is 0.490 e. The zero-order valence-corrected chi connectivity index (χ0v) is 12.0. The van der Waals surface area contributed by atoms with Gasteiger partial charge in [0.15, 0.2) is 5.69 Å². The summed E-state index contributed by atoms with van der Waals surface area (Å²) in [5.74, 6) is -2.94. The molecule has 0 saturated heterocycles. The molecule has 2 aromatic rings. The molecule has 0 radical (unpaired) electrons. The van der Waals surface area contributed by atoms with Crippen LogP contribution in [0.4, 0.5) is 13.2 Å². The summed E-state index contributed by atoms with van der Waals surface area (Å²) in [6, 6.07) is 7.52. The van der Waals surface area contributed by atoms with Crippen molar-refractivity contribution in [3.8, 4) is 0 Å². The van der Waals surface area contributed by atoms with Gasteiger partial charge in [0, 0.05) is 19.0 Å². The molecule has 0 unspecified atom stereocenters. The monoisotopic (exact) mass is 333 g/mol.